The Balaban J connectivity index is 4.48. The normalized spacial score (nSPS) is 15.5. The molecule has 0 saturated heterocycles. The van der Waals surface area contributed by atoms with E-state index in [0.717, 1.165) is 0 Å². The summed E-state index contributed by atoms with van der Waals surface area (Å²) in [5, 5.41) is 8.75. The van der Waals surface area contributed by atoms with Crippen molar-refractivity contribution in [2.45, 2.75) is 45.7 Å². The van der Waals surface area contributed by atoms with Crippen molar-refractivity contribution in [3.05, 3.63) is 0 Å². The zero-order valence-electron chi connectivity index (χ0n) is 8.79. The maximum absolute atomic E-state index is 10.7. The summed E-state index contributed by atoms with van der Waals surface area (Å²) in [6.45, 7) is 7.37. The van der Waals surface area contributed by atoms with Gasteiger partial charge in [-0.1, -0.05) is 13.8 Å². The van der Waals surface area contributed by atoms with E-state index in [1.165, 1.54) is 0 Å². The van der Waals surface area contributed by atoms with E-state index < -0.39 is 23.0 Å². The van der Waals surface area contributed by atoms with Gasteiger partial charge >= 0.3 is 5.97 Å². The summed E-state index contributed by atoms with van der Waals surface area (Å²) in [6.07, 6.45) is 0.577. The van der Waals surface area contributed by atoms with Crippen molar-refractivity contribution >= 4 is 5.97 Å². The number of nitrogens with two attached hydrogens (primary N) is 2. The monoisotopic (exact) mass is 188 g/mol. The minimum absolute atomic E-state index is 0.392. The van der Waals surface area contributed by atoms with E-state index in [1.54, 1.807) is 0 Å². The topological polar surface area (TPSA) is 89.3 Å². The first kappa shape index (κ1) is 12.4. The van der Waals surface area contributed by atoms with Gasteiger partial charge in [-0.05, 0) is 25.7 Å². The molecule has 4 heteroatoms. The molecule has 0 aromatic rings. The van der Waals surface area contributed by atoms with Crippen molar-refractivity contribution in [2.75, 3.05) is 0 Å². The predicted octanol–water partition coefficient (Wildman–Crippen LogP) is 0.552. The van der Waals surface area contributed by atoms with Gasteiger partial charge in [-0.3, -0.25) is 4.79 Å². The first-order chi connectivity index (χ1) is 5.56. The van der Waals surface area contributed by atoms with Gasteiger partial charge in [0.2, 0.25) is 0 Å². The van der Waals surface area contributed by atoms with Gasteiger partial charge in [-0.15, -0.1) is 0 Å². The van der Waals surface area contributed by atoms with Crippen molar-refractivity contribution in [1.29, 1.82) is 0 Å². The number of hydrogen-bond acceptors (Lipinski definition) is 3. The molecule has 1 atom stereocenters. The standard InChI is InChI=1S/C9H20N2O2/c1-8(2,5-9(3,4)11)6(10)7(12)13/h6H,5,10-11H2,1-4H3,(H,12,13). The maximum atomic E-state index is 10.7. The first-order valence-electron chi connectivity index (χ1n) is 4.33. The summed E-state index contributed by atoms with van der Waals surface area (Å²) in [5.74, 6) is -0.978. The van der Waals surface area contributed by atoms with E-state index >= 15 is 0 Å². The molecule has 5 N–H and O–H groups in total. The van der Waals surface area contributed by atoms with E-state index in [4.69, 9.17) is 16.6 Å². The molecule has 13 heavy (non-hydrogen) atoms. The van der Waals surface area contributed by atoms with Gasteiger partial charge in [0, 0.05) is 5.54 Å². The Morgan fingerprint density at radius 3 is 2.00 bits per heavy atom. The van der Waals surface area contributed by atoms with Crippen LogP contribution in [-0.4, -0.2) is 22.7 Å². The van der Waals surface area contributed by atoms with Crippen LogP contribution in [0.4, 0.5) is 0 Å². The fourth-order valence-electron chi connectivity index (χ4n) is 1.62. The Hall–Kier alpha value is -0.610. The van der Waals surface area contributed by atoms with E-state index in [9.17, 15) is 4.79 Å². The molecule has 4 nitrogen and oxygen atoms in total. The molecule has 0 amide bonds. The van der Waals surface area contributed by atoms with E-state index in [1.807, 2.05) is 27.7 Å². The molecule has 0 saturated carbocycles. The third-order valence-corrected chi connectivity index (χ3v) is 2.02. The van der Waals surface area contributed by atoms with Crippen molar-refractivity contribution in [1.82, 2.24) is 0 Å². The number of aliphatic carboxylic acids is 1. The van der Waals surface area contributed by atoms with Crippen LogP contribution in [0.5, 0.6) is 0 Å². The molecule has 0 fully saturated rings. The van der Waals surface area contributed by atoms with Gasteiger partial charge in [-0.25, -0.2) is 0 Å². The zero-order valence-corrected chi connectivity index (χ0v) is 8.79. The molecule has 78 valence electrons. The Bertz CT molecular complexity index is 194. The molecule has 0 aliphatic heterocycles. The third kappa shape index (κ3) is 4.24. The van der Waals surface area contributed by atoms with Crippen molar-refractivity contribution in [3.8, 4) is 0 Å². The largest absolute Gasteiger partial charge is 0.480 e. The van der Waals surface area contributed by atoms with Gasteiger partial charge in [0.05, 0.1) is 0 Å². The number of carboxylic acid groups (broad SMARTS) is 1. The minimum Gasteiger partial charge on any atom is -0.480 e. The fraction of sp³-hybridized carbons (Fsp3) is 0.889. The highest BCUT2D eigenvalue weighted by molar-refractivity contribution is 5.74. The number of carbonyl (C=O) groups is 1. The second-order valence-electron chi connectivity index (χ2n) is 4.97. The summed E-state index contributed by atoms with van der Waals surface area (Å²) in [6, 6.07) is -0.865. The lowest BCUT2D eigenvalue weighted by Gasteiger charge is -2.34. The van der Waals surface area contributed by atoms with E-state index in [0.29, 0.717) is 6.42 Å². The molecule has 0 aliphatic rings. The molecule has 0 rings (SSSR count). The lowest BCUT2D eigenvalue weighted by molar-refractivity contribution is -0.141. The molecule has 0 aromatic carbocycles. The van der Waals surface area contributed by atoms with Crippen molar-refractivity contribution in [3.63, 3.8) is 0 Å². The summed E-state index contributed by atoms with van der Waals surface area (Å²) < 4.78 is 0. The van der Waals surface area contributed by atoms with Crippen molar-refractivity contribution < 1.29 is 9.90 Å². The average Bonchev–Trinajstić information content (AvgIpc) is 1.80. The fourth-order valence-corrected chi connectivity index (χ4v) is 1.62. The quantitative estimate of drug-likeness (QED) is 0.601. The Morgan fingerprint density at radius 2 is 1.77 bits per heavy atom. The molecule has 0 spiro atoms. The van der Waals surface area contributed by atoms with Crippen LogP contribution in [0.3, 0.4) is 0 Å². The predicted molar refractivity (Wildman–Crippen MR) is 52.3 cm³/mol. The lowest BCUT2D eigenvalue weighted by atomic mass is 9.75. The Labute approximate surface area is 79.3 Å². The molecular weight excluding hydrogens is 168 g/mol. The van der Waals surface area contributed by atoms with Crippen molar-refractivity contribution in [2.24, 2.45) is 16.9 Å². The summed E-state index contributed by atoms with van der Waals surface area (Å²) >= 11 is 0. The minimum atomic E-state index is -0.978. The Kier molecular flexibility index (Phi) is 3.47. The number of rotatable bonds is 4. The van der Waals surface area contributed by atoms with Gasteiger partial charge in [-0.2, -0.15) is 0 Å². The van der Waals surface area contributed by atoms with Crippen LogP contribution in [0.15, 0.2) is 0 Å². The molecule has 0 heterocycles. The number of hydrogen-bond donors (Lipinski definition) is 3. The van der Waals surface area contributed by atoms with Gasteiger partial charge in [0.15, 0.2) is 0 Å². The molecule has 1 unspecified atom stereocenters. The zero-order chi connectivity index (χ0) is 10.9. The number of carboxylic acids is 1. The summed E-state index contributed by atoms with van der Waals surface area (Å²) in [5.41, 5.74) is 10.5. The van der Waals surface area contributed by atoms with Crippen LogP contribution in [-0.2, 0) is 4.79 Å². The molecule has 0 aromatic heterocycles. The second kappa shape index (κ2) is 3.64. The smallest absolute Gasteiger partial charge is 0.321 e. The summed E-state index contributed by atoms with van der Waals surface area (Å²) in [7, 11) is 0. The Morgan fingerprint density at radius 1 is 1.38 bits per heavy atom. The van der Waals surface area contributed by atoms with Crippen LogP contribution in [0.25, 0.3) is 0 Å². The van der Waals surface area contributed by atoms with Gasteiger partial charge < -0.3 is 16.6 Å². The highest BCUT2D eigenvalue weighted by Gasteiger charge is 2.35. The second-order valence-corrected chi connectivity index (χ2v) is 4.97. The molecule has 0 bridgehead atoms. The van der Waals surface area contributed by atoms with Crippen LogP contribution in [0, 0.1) is 5.41 Å². The highest BCUT2D eigenvalue weighted by atomic mass is 16.4. The van der Waals surface area contributed by atoms with E-state index in [-0.39, 0.29) is 0 Å². The first-order valence-corrected chi connectivity index (χ1v) is 4.33. The maximum Gasteiger partial charge on any atom is 0.321 e. The SMILES string of the molecule is CC(C)(N)CC(C)(C)C(N)C(=O)O. The molecular formula is C9H20N2O2. The van der Waals surface area contributed by atoms with Crippen LogP contribution in [0.2, 0.25) is 0 Å². The molecule has 0 aliphatic carbocycles. The highest BCUT2D eigenvalue weighted by Crippen LogP contribution is 2.29. The average molecular weight is 188 g/mol. The lowest BCUT2D eigenvalue weighted by Crippen LogP contribution is -2.49. The van der Waals surface area contributed by atoms with Crippen LogP contribution < -0.4 is 11.5 Å². The summed E-state index contributed by atoms with van der Waals surface area (Å²) in [4.78, 5) is 10.7. The van der Waals surface area contributed by atoms with Gasteiger partial charge in [0.1, 0.15) is 6.04 Å². The van der Waals surface area contributed by atoms with Crippen LogP contribution >= 0.6 is 0 Å². The van der Waals surface area contributed by atoms with Gasteiger partial charge in [0.25, 0.3) is 0 Å². The third-order valence-electron chi connectivity index (χ3n) is 2.02. The van der Waals surface area contributed by atoms with Crippen LogP contribution in [0.1, 0.15) is 34.1 Å². The van der Waals surface area contributed by atoms with E-state index in [2.05, 4.69) is 0 Å². The molecule has 0 radical (unpaired) electrons.